The number of nitrogens with zero attached hydrogens (tertiary/aromatic N) is 1. The zero-order chi connectivity index (χ0) is 12.3. The Morgan fingerprint density at radius 2 is 2.19 bits per heavy atom. The summed E-state index contributed by atoms with van der Waals surface area (Å²) < 4.78 is 24.8. The van der Waals surface area contributed by atoms with Gasteiger partial charge in [0, 0.05) is 0 Å². The lowest BCUT2D eigenvalue weighted by atomic mass is 10.4. The SMILES string of the molecule is NC(=O)CNS(=O)(=O)c1[nH]ncc1C(=O)O. The van der Waals surface area contributed by atoms with E-state index in [9.17, 15) is 18.0 Å². The average Bonchev–Trinajstić information content (AvgIpc) is 2.63. The molecule has 16 heavy (non-hydrogen) atoms. The maximum Gasteiger partial charge on any atom is 0.340 e. The molecule has 0 unspecified atom stereocenters. The van der Waals surface area contributed by atoms with E-state index in [0.717, 1.165) is 6.20 Å². The molecule has 5 N–H and O–H groups in total. The molecule has 0 aromatic carbocycles. The van der Waals surface area contributed by atoms with Gasteiger partial charge in [-0.25, -0.2) is 17.9 Å². The van der Waals surface area contributed by atoms with E-state index < -0.39 is 39.0 Å². The van der Waals surface area contributed by atoms with Crippen molar-refractivity contribution in [2.24, 2.45) is 5.73 Å². The third-order valence-electron chi connectivity index (χ3n) is 1.54. The predicted molar refractivity (Wildman–Crippen MR) is 49.9 cm³/mol. The molecule has 0 aliphatic carbocycles. The number of aromatic nitrogens is 2. The minimum absolute atomic E-state index is 0.517. The Kier molecular flexibility index (Phi) is 3.25. The molecule has 1 amide bonds. The molecular formula is C6H8N4O5S. The molecule has 9 nitrogen and oxygen atoms in total. The van der Waals surface area contributed by atoms with Gasteiger partial charge >= 0.3 is 5.97 Å². The number of nitrogens with two attached hydrogens (primary N) is 1. The smallest absolute Gasteiger partial charge is 0.340 e. The first-order chi connectivity index (χ1) is 7.34. The number of sulfonamides is 1. The van der Waals surface area contributed by atoms with Gasteiger partial charge in [-0.2, -0.15) is 5.10 Å². The highest BCUT2D eigenvalue weighted by Gasteiger charge is 2.24. The molecule has 1 heterocycles. The number of primary amides is 1. The number of rotatable bonds is 5. The summed E-state index contributed by atoms with van der Waals surface area (Å²) in [5, 5.41) is 13.3. The van der Waals surface area contributed by atoms with Crippen molar-refractivity contribution < 1.29 is 23.1 Å². The summed E-state index contributed by atoms with van der Waals surface area (Å²) >= 11 is 0. The number of carboxylic acids is 1. The number of aromatic amines is 1. The summed E-state index contributed by atoms with van der Waals surface area (Å²) in [7, 11) is -4.14. The number of hydrogen-bond acceptors (Lipinski definition) is 5. The molecule has 1 rings (SSSR count). The lowest BCUT2D eigenvalue weighted by molar-refractivity contribution is -0.116. The fraction of sp³-hybridized carbons (Fsp3) is 0.167. The first kappa shape index (κ1) is 12.1. The van der Waals surface area contributed by atoms with Crippen LogP contribution >= 0.6 is 0 Å². The van der Waals surface area contributed by atoms with Crippen molar-refractivity contribution >= 4 is 21.9 Å². The van der Waals surface area contributed by atoms with Gasteiger partial charge in [0.15, 0.2) is 5.03 Å². The first-order valence-corrected chi connectivity index (χ1v) is 5.37. The summed E-state index contributed by atoms with van der Waals surface area (Å²) in [6, 6.07) is 0. The van der Waals surface area contributed by atoms with E-state index in [1.54, 1.807) is 0 Å². The van der Waals surface area contributed by atoms with Gasteiger partial charge in [0.25, 0.3) is 10.0 Å². The Morgan fingerprint density at radius 3 is 2.69 bits per heavy atom. The van der Waals surface area contributed by atoms with Crippen LogP contribution in [0.3, 0.4) is 0 Å². The summed E-state index contributed by atoms with van der Waals surface area (Å²) in [5.74, 6) is -2.34. The average molecular weight is 248 g/mol. The second kappa shape index (κ2) is 4.28. The Hall–Kier alpha value is -1.94. The van der Waals surface area contributed by atoms with E-state index in [2.05, 4.69) is 5.10 Å². The monoisotopic (exact) mass is 248 g/mol. The normalized spacial score (nSPS) is 11.2. The van der Waals surface area contributed by atoms with Crippen LogP contribution in [0, 0.1) is 0 Å². The molecule has 0 aliphatic rings. The zero-order valence-electron chi connectivity index (χ0n) is 7.80. The zero-order valence-corrected chi connectivity index (χ0v) is 8.61. The van der Waals surface area contributed by atoms with Crippen molar-refractivity contribution in [3.63, 3.8) is 0 Å². The number of carbonyl (C=O) groups is 2. The molecule has 0 saturated heterocycles. The molecule has 0 fully saturated rings. The van der Waals surface area contributed by atoms with Crippen molar-refractivity contribution in [3.05, 3.63) is 11.8 Å². The number of aromatic carboxylic acids is 1. The Bertz CT molecular complexity index is 519. The van der Waals surface area contributed by atoms with Crippen LogP contribution in [0.25, 0.3) is 0 Å². The van der Waals surface area contributed by atoms with Crippen molar-refractivity contribution in [3.8, 4) is 0 Å². The van der Waals surface area contributed by atoms with E-state index >= 15 is 0 Å². The van der Waals surface area contributed by atoms with Crippen LogP contribution in [-0.2, 0) is 14.8 Å². The summed E-state index contributed by atoms with van der Waals surface area (Å²) in [6.07, 6.45) is 0.848. The van der Waals surface area contributed by atoms with Crippen LogP contribution in [0.5, 0.6) is 0 Å². The van der Waals surface area contributed by atoms with Gasteiger partial charge in [-0.1, -0.05) is 0 Å². The van der Waals surface area contributed by atoms with Gasteiger partial charge in [0.2, 0.25) is 5.91 Å². The topological polar surface area (TPSA) is 155 Å². The molecular weight excluding hydrogens is 240 g/mol. The number of amides is 1. The van der Waals surface area contributed by atoms with Crippen LogP contribution in [0.15, 0.2) is 11.2 Å². The summed E-state index contributed by atoms with van der Waals surface area (Å²) in [6.45, 7) is -0.625. The molecule has 0 aliphatic heterocycles. The van der Waals surface area contributed by atoms with Gasteiger partial charge in [-0.05, 0) is 0 Å². The molecule has 10 heteroatoms. The molecule has 0 saturated carbocycles. The number of carboxylic acid groups (broad SMARTS) is 1. The number of carbonyl (C=O) groups excluding carboxylic acids is 1. The third kappa shape index (κ3) is 2.55. The Morgan fingerprint density at radius 1 is 1.56 bits per heavy atom. The Balaban J connectivity index is 3.03. The fourth-order valence-corrected chi connectivity index (χ4v) is 1.95. The van der Waals surface area contributed by atoms with Crippen molar-refractivity contribution in [1.29, 1.82) is 0 Å². The minimum Gasteiger partial charge on any atom is -0.478 e. The van der Waals surface area contributed by atoms with Crippen LogP contribution in [0.1, 0.15) is 10.4 Å². The van der Waals surface area contributed by atoms with Gasteiger partial charge in [-0.3, -0.25) is 9.89 Å². The van der Waals surface area contributed by atoms with E-state index in [1.165, 1.54) is 0 Å². The highest BCUT2D eigenvalue weighted by molar-refractivity contribution is 7.89. The molecule has 0 spiro atoms. The predicted octanol–water partition coefficient (Wildman–Crippen LogP) is -2.13. The van der Waals surface area contributed by atoms with Crippen LogP contribution in [0.4, 0.5) is 0 Å². The molecule has 0 bridgehead atoms. The van der Waals surface area contributed by atoms with Crippen LogP contribution in [0.2, 0.25) is 0 Å². The number of nitrogens with one attached hydrogen (secondary N) is 2. The molecule has 1 aromatic heterocycles. The second-order valence-electron chi connectivity index (χ2n) is 2.71. The largest absolute Gasteiger partial charge is 0.478 e. The third-order valence-corrected chi connectivity index (χ3v) is 2.91. The lowest BCUT2D eigenvalue weighted by Crippen LogP contribution is -2.34. The summed E-state index contributed by atoms with van der Waals surface area (Å²) in [4.78, 5) is 21.0. The van der Waals surface area contributed by atoms with E-state index in [1.807, 2.05) is 9.82 Å². The highest BCUT2D eigenvalue weighted by Crippen LogP contribution is 2.10. The van der Waals surface area contributed by atoms with Gasteiger partial charge < -0.3 is 10.8 Å². The van der Waals surface area contributed by atoms with Crippen LogP contribution < -0.4 is 10.5 Å². The number of H-pyrrole nitrogens is 1. The lowest BCUT2D eigenvalue weighted by Gasteiger charge is -2.02. The second-order valence-corrected chi connectivity index (χ2v) is 4.41. The minimum atomic E-state index is -4.14. The van der Waals surface area contributed by atoms with Crippen LogP contribution in [-0.4, -0.2) is 42.1 Å². The Labute approximate surface area is 89.7 Å². The van der Waals surface area contributed by atoms with Gasteiger partial charge in [0.1, 0.15) is 5.56 Å². The molecule has 0 radical (unpaired) electrons. The quantitative estimate of drug-likeness (QED) is 0.466. The highest BCUT2D eigenvalue weighted by atomic mass is 32.2. The van der Waals surface area contributed by atoms with E-state index in [0.29, 0.717) is 0 Å². The van der Waals surface area contributed by atoms with Gasteiger partial charge in [0.05, 0.1) is 12.7 Å². The van der Waals surface area contributed by atoms with Crippen molar-refractivity contribution in [2.75, 3.05) is 6.54 Å². The fourth-order valence-electron chi connectivity index (χ4n) is 0.870. The molecule has 1 aromatic rings. The van der Waals surface area contributed by atoms with E-state index in [4.69, 9.17) is 10.8 Å². The van der Waals surface area contributed by atoms with Crippen molar-refractivity contribution in [1.82, 2.24) is 14.9 Å². The molecule has 0 atom stereocenters. The van der Waals surface area contributed by atoms with E-state index in [-0.39, 0.29) is 0 Å². The first-order valence-electron chi connectivity index (χ1n) is 3.89. The summed E-state index contributed by atoms with van der Waals surface area (Å²) in [5.41, 5.74) is 4.23. The standard InChI is InChI=1S/C6H8N4O5S/c7-4(11)2-9-16(14,15)5-3(6(12)13)1-8-10-5/h1,9H,2H2,(H2,7,11)(H,8,10)(H,12,13). The maximum absolute atomic E-state index is 11.5. The van der Waals surface area contributed by atoms with Gasteiger partial charge in [-0.15, -0.1) is 0 Å². The number of hydrogen-bond donors (Lipinski definition) is 4. The van der Waals surface area contributed by atoms with Crippen molar-refractivity contribution in [2.45, 2.75) is 5.03 Å². The maximum atomic E-state index is 11.5. The molecule has 88 valence electrons.